The number of nitrogens with two attached hydrogens (primary N) is 1. The predicted octanol–water partition coefficient (Wildman–Crippen LogP) is -0.243. The van der Waals surface area contributed by atoms with Crippen molar-refractivity contribution in [1.29, 1.82) is 0 Å². The summed E-state index contributed by atoms with van der Waals surface area (Å²) in [6.45, 7) is 5.76. The zero-order chi connectivity index (χ0) is 54.9. The molecule has 1 aliphatic rings. The minimum atomic E-state index is -1.73. The van der Waals surface area contributed by atoms with Gasteiger partial charge < -0.3 is 68.6 Å². The molecule has 0 spiro atoms. The maximum absolute atomic E-state index is 14.7. The Bertz CT molecular complexity index is 2710. The topological polar surface area (TPSA) is 369 Å². The smallest absolute Gasteiger partial charge is 0.326 e. The zero-order valence-corrected chi connectivity index (χ0v) is 43.1. The fourth-order valence-corrected chi connectivity index (χ4v) is 10.0. The Morgan fingerprint density at radius 1 is 0.667 bits per heavy atom. The number of carboxylic acid groups (broad SMARTS) is 2. The van der Waals surface area contributed by atoms with Gasteiger partial charge in [0.15, 0.2) is 0 Å². The van der Waals surface area contributed by atoms with Gasteiger partial charge in [0.2, 0.25) is 47.3 Å². The van der Waals surface area contributed by atoms with Crippen LogP contribution in [0.3, 0.4) is 0 Å². The lowest BCUT2D eigenvalue weighted by Crippen LogP contribution is -2.61. The van der Waals surface area contributed by atoms with Crippen LogP contribution >= 0.6 is 21.6 Å². The van der Waals surface area contributed by atoms with Crippen LogP contribution in [-0.4, -0.2) is 145 Å². The van der Waals surface area contributed by atoms with Crippen molar-refractivity contribution >= 4 is 91.7 Å². The number of amides is 8. The fraction of sp³-hybridized carbons (Fsp3) is 0.400. The van der Waals surface area contributed by atoms with Gasteiger partial charge in [-0.2, -0.15) is 0 Å². The number of aromatic nitrogens is 1. The van der Waals surface area contributed by atoms with E-state index in [-0.39, 0.29) is 36.5 Å². The molecule has 25 heteroatoms. The highest BCUT2D eigenvalue weighted by atomic mass is 33.1. The standard InChI is InChI=1S/C50H62N10O13S2/c1-25(2)41(50(72)73)60-49(71)39-24-75-74-23-38(58-47(69)37(21-40(62)63)54-42(64)26(3)51)48(70)56-35(18-28-10-6-5-7-11-28)45(67)57-36(20-30-22-52-33-13-9-8-12-32(30)33)44(66)53-27(4)43(65)55-34(46(68)59-39)19-29-14-16-31(61)17-15-29/h5-17,22,25-27,34-39,41,52,61H,18-21,23-24,51H2,1-4H3,(H,53,66)(H,54,64)(H,55,65)(H,56,70)(H,57,67)(H,58,69)(H,59,68)(H,60,71)(H,62,63)(H,72,73)/t26-,27-,34-,35-,36-,37-,38-,39-,41-/m0/s1. The van der Waals surface area contributed by atoms with Gasteiger partial charge in [0.1, 0.15) is 54.1 Å². The largest absolute Gasteiger partial charge is 0.508 e. The maximum Gasteiger partial charge on any atom is 0.326 e. The van der Waals surface area contributed by atoms with Gasteiger partial charge in [-0.25, -0.2) is 4.79 Å². The number of carbonyl (C=O) groups excluding carboxylic acids is 8. The summed E-state index contributed by atoms with van der Waals surface area (Å²) in [6, 6.07) is 8.30. The third-order valence-corrected chi connectivity index (χ3v) is 14.3. The van der Waals surface area contributed by atoms with E-state index in [1.165, 1.54) is 38.1 Å². The summed E-state index contributed by atoms with van der Waals surface area (Å²) in [5.41, 5.74) is 8.03. The van der Waals surface area contributed by atoms with Crippen molar-refractivity contribution in [3.63, 3.8) is 0 Å². The van der Waals surface area contributed by atoms with Gasteiger partial charge in [-0.15, -0.1) is 0 Å². The molecule has 14 N–H and O–H groups in total. The number of H-pyrrole nitrogens is 1. The molecule has 0 bridgehead atoms. The van der Waals surface area contributed by atoms with Crippen LogP contribution in [0.15, 0.2) is 85.1 Å². The van der Waals surface area contributed by atoms with Crippen molar-refractivity contribution in [3.05, 3.63) is 102 Å². The van der Waals surface area contributed by atoms with Gasteiger partial charge in [0.25, 0.3) is 0 Å². The van der Waals surface area contributed by atoms with Crippen molar-refractivity contribution in [2.75, 3.05) is 11.5 Å². The van der Waals surface area contributed by atoms with E-state index in [0.29, 0.717) is 16.7 Å². The second-order valence-corrected chi connectivity index (χ2v) is 20.8. The number of aromatic hydroxyl groups is 1. The molecule has 4 aromatic rings. The number of hydrogen-bond acceptors (Lipinski definition) is 14. The molecule has 0 saturated carbocycles. The van der Waals surface area contributed by atoms with Crippen molar-refractivity contribution in [2.24, 2.45) is 11.7 Å². The summed E-state index contributed by atoms with van der Waals surface area (Å²) in [5.74, 6) is -11.6. The molecule has 0 aliphatic carbocycles. The summed E-state index contributed by atoms with van der Waals surface area (Å²) in [6.07, 6.45) is 0.241. The number of aromatic amines is 1. The Morgan fingerprint density at radius 2 is 1.23 bits per heavy atom. The highest BCUT2D eigenvalue weighted by Crippen LogP contribution is 2.25. The van der Waals surface area contributed by atoms with Crippen molar-refractivity contribution < 1.29 is 63.3 Å². The van der Waals surface area contributed by atoms with Crippen molar-refractivity contribution in [3.8, 4) is 5.75 Å². The molecule has 3 aromatic carbocycles. The van der Waals surface area contributed by atoms with Crippen LogP contribution in [0.5, 0.6) is 5.75 Å². The van der Waals surface area contributed by atoms with E-state index in [0.717, 1.165) is 32.5 Å². The molecule has 1 aliphatic heterocycles. The van der Waals surface area contributed by atoms with Crippen LogP contribution in [0.4, 0.5) is 0 Å². The molecule has 0 unspecified atom stereocenters. The monoisotopic (exact) mass is 1070 g/mol. The Kier molecular flexibility index (Phi) is 21.4. The van der Waals surface area contributed by atoms with Gasteiger partial charge in [0.05, 0.1) is 12.5 Å². The number of benzene rings is 3. The first-order valence-electron chi connectivity index (χ1n) is 23.8. The highest BCUT2D eigenvalue weighted by Gasteiger charge is 2.36. The number of fused-ring (bicyclic) bond motifs is 1. The first-order valence-corrected chi connectivity index (χ1v) is 26.3. The van der Waals surface area contributed by atoms with Crippen LogP contribution in [0, 0.1) is 5.92 Å². The molecule has 0 radical (unpaired) electrons. The third-order valence-electron chi connectivity index (χ3n) is 11.9. The van der Waals surface area contributed by atoms with Crippen LogP contribution < -0.4 is 48.3 Å². The number of hydrogen-bond donors (Lipinski definition) is 13. The van der Waals surface area contributed by atoms with Crippen LogP contribution in [0.25, 0.3) is 10.9 Å². The minimum absolute atomic E-state index is 0.0859. The van der Waals surface area contributed by atoms with Gasteiger partial charge >= 0.3 is 11.9 Å². The predicted molar refractivity (Wildman–Crippen MR) is 278 cm³/mol. The molecule has 9 atom stereocenters. The van der Waals surface area contributed by atoms with Gasteiger partial charge in [-0.05, 0) is 54.7 Å². The van der Waals surface area contributed by atoms with E-state index < -0.39 is 126 Å². The number of rotatable bonds is 16. The first kappa shape index (κ1) is 58.3. The number of aliphatic carboxylic acids is 2. The van der Waals surface area contributed by atoms with Crippen LogP contribution in [-0.2, 0) is 67.2 Å². The molecular formula is C50H62N10O13S2. The second-order valence-electron chi connectivity index (χ2n) is 18.2. The molecular weight excluding hydrogens is 1010 g/mol. The molecule has 2 heterocycles. The van der Waals surface area contributed by atoms with Crippen molar-refractivity contribution in [1.82, 2.24) is 47.5 Å². The molecule has 23 nitrogen and oxygen atoms in total. The first-order chi connectivity index (χ1) is 35.6. The maximum atomic E-state index is 14.7. The summed E-state index contributed by atoms with van der Waals surface area (Å²) < 4.78 is 0. The van der Waals surface area contributed by atoms with E-state index in [9.17, 15) is 63.3 Å². The Balaban J connectivity index is 1.59. The summed E-state index contributed by atoms with van der Waals surface area (Å²) >= 11 is 0. The lowest BCUT2D eigenvalue weighted by atomic mass is 10.0. The molecule has 402 valence electrons. The number of para-hydroxylation sites is 1. The van der Waals surface area contributed by atoms with E-state index in [1.807, 2.05) is 6.07 Å². The molecule has 75 heavy (non-hydrogen) atoms. The van der Waals surface area contributed by atoms with E-state index in [2.05, 4.69) is 47.5 Å². The number of phenols is 1. The average molecular weight is 1080 g/mol. The lowest BCUT2D eigenvalue weighted by Gasteiger charge is -2.28. The third kappa shape index (κ3) is 17.5. The Hall–Kier alpha value is -7.64. The Labute approximate surface area is 439 Å². The number of phenolic OH excluding ortho intramolecular Hbond substituents is 1. The lowest BCUT2D eigenvalue weighted by molar-refractivity contribution is -0.143. The summed E-state index contributed by atoms with van der Waals surface area (Å²) in [7, 11) is 1.79. The summed E-state index contributed by atoms with van der Waals surface area (Å²) in [5, 5.41) is 50.8. The number of carbonyl (C=O) groups is 10. The zero-order valence-electron chi connectivity index (χ0n) is 41.4. The highest BCUT2D eigenvalue weighted by molar-refractivity contribution is 8.76. The quantitative estimate of drug-likeness (QED) is 0.0644. The average Bonchev–Trinajstić information content (AvgIpc) is 3.77. The number of nitrogens with one attached hydrogen (secondary N) is 9. The molecule has 1 aromatic heterocycles. The summed E-state index contributed by atoms with van der Waals surface area (Å²) in [4.78, 5) is 140. The normalized spacial score (nSPS) is 21.7. The van der Waals surface area contributed by atoms with Gasteiger partial charge in [0, 0.05) is 47.9 Å². The Morgan fingerprint density at radius 3 is 1.85 bits per heavy atom. The van der Waals surface area contributed by atoms with Crippen LogP contribution in [0.2, 0.25) is 0 Å². The van der Waals surface area contributed by atoms with Crippen LogP contribution in [0.1, 0.15) is 50.8 Å². The second kappa shape index (κ2) is 27.6. The molecule has 8 amide bonds. The van der Waals surface area contributed by atoms with E-state index in [1.54, 1.807) is 68.6 Å². The SMILES string of the molecule is CC(C)[C@H](NC(=O)[C@@H]1CSSC[C@H](NC(=O)[C@H](CC(=O)O)NC(=O)[C@H](C)N)C(=O)N[C@@H](Cc2ccccc2)C(=O)N[C@@H](Cc2c[nH]c3ccccc23)C(=O)N[C@@H](C)C(=O)N[C@@H](Cc2ccc(O)cc2)C(=O)N1)C(=O)O. The van der Waals surface area contributed by atoms with E-state index >= 15 is 0 Å². The van der Waals surface area contributed by atoms with Crippen molar-refractivity contribution in [2.45, 2.75) is 108 Å². The fourth-order valence-electron chi connectivity index (χ4n) is 7.68. The number of carboxylic acids is 2. The molecule has 1 saturated heterocycles. The molecule has 1 fully saturated rings. The van der Waals surface area contributed by atoms with Gasteiger partial charge in [-0.3, -0.25) is 43.2 Å². The van der Waals surface area contributed by atoms with Gasteiger partial charge in [-0.1, -0.05) is 96.1 Å². The minimum Gasteiger partial charge on any atom is -0.508 e. The molecule has 5 rings (SSSR count). The van der Waals surface area contributed by atoms with E-state index in [4.69, 9.17) is 5.73 Å².